The standard InChI is InChI=1S/C17H18BrClN6O2/c18-12-3-1-2-11(6-12)15(10-27)23-16-14(19)8-20-17(24-16)22-13-7-21-25(9-13)4-5-26/h1-3,6-9,15,26-27H,4-5,10H2,(H2,20,22,23,24). The monoisotopic (exact) mass is 452 g/mol. The van der Waals surface area contributed by atoms with Gasteiger partial charge in [-0.1, -0.05) is 39.7 Å². The fourth-order valence-corrected chi connectivity index (χ4v) is 3.00. The molecule has 1 aromatic carbocycles. The predicted molar refractivity (Wildman–Crippen MR) is 107 cm³/mol. The quantitative estimate of drug-likeness (QED) is 0.415. The van der Waals surface area contributed by atoms with E-state index in [1.807, 2.05) is 24.3 Å². The SMILES string of the molecule is OCCn1cc(Nc2ncc(Cl)c(NC(CO)c3cccc(Br)c3)n2)cn1. The molecule has 0 aliphatic carbocycles. The van der Waals surface area contributed by atoms with Gasteiger partial charge in [0.25, 0.3) is 0 Å². The second kappa shape index (κ2) is 9.14. The van der Waals surface area contributed by atoms with E-state index in [1.165, 1.54) is 6.20 Å². The van der Waals surface area contributed by atoms with E-state index in [4.69, 9.17) is 16.7 Å². The Kier molecular flexibility index (Phi) is 6.62. The van der Waals surface area contributed by atoms with Gasteiger partial charge in [0.1, 0.15) is 5.02 Å². The fraction of sp³-hybridized carbons (Fsp3) is 0.235. The number of aliphatic hydroxyl groups excluding tert-OH is 2. The van der Waals surface area contributed by atoms with Crippen LogP contribution in [0.3, 0.4) is 0 Å². The highest BCUT2D eigenvalue weighted by molar-refractivity contribution is 9.10. The first-order chi connectivity index (χ1) is 13.1. The lowest BCUT2D eigenvalue weighted by molar-refractivity contribution is 0.269. The molecule has 4 N–H and O–H groups in total. The minimum absolute atomic E-state index is 0.00474. The van der Waals surface area contributed by atoms with Crippen LogP contribution < -0.4 is 10.6 Å². The van der Waals surface area contributed by atoms with Gasteiger partial charge in [0.15, 0.2) is 5.82 Å². The van der Waals surface area contributed by atoms with Crippen LogP contribution in [0.4, 0.5) is 17.5 Å². The molecule has 0 spiro atoms. The third-order valence-corrected chi connectivity index (χ3v) is 4.48. The van der Waals surface area contributed by atoms with Crippen LogP contribution in [0.15, 0.2) is 47.3 Å². The van der Waals surface area contributed by atoms with Gasteiger partial charge in [-0.25, -0.2) is 4.98 Å². The van der Waals surface area contributed by atoms with Gasteiger partial charge in [-0.2, -0.15) is 10.1 Å². The van der Waals surface area contributed by atoms with Crippen molar-refractivity contribution in [1.82, 2.24) is 19.7 Å². The van der Waals surface area contributed by atoms with Crippen LogP contribution in [0.1, 0.15) is 11.6 Å². The number of nitrogens with one attached hydrogen (secondary N) is 2. The zero-order valence-corrected chi connectivity index (χ0v) is 16.5. The topological polar surface area (TPSA) is 108 Å². The Morgan fingerprint density at radius 1 is 1.26 bits per heavy atom. The molecule has 0 saturated heterocycles. The van der Waals surface area contributed by atoms with E-state index in [9.17, 15) is 5.11 Å². The summed E-state index contributed by atoms with van der Waals surface area (Å²) in [7, 11) is 0. The lowest BCUT2D eigenvalue weighted by atomic mass is 10.1. The van der Waals surface area contributed by atoms with Gasteiger partial charge in [0.2, 0.25) is 5.95 Å². The number of rotatable bonds is 8. The van der Waals surface area contributed by atoms with Crippen molar-refractivity contribution in [2.45, 2.75) is 12.6 Å². The molecule has 2 heterocycles. The smallest absolute Gasteiger partial charge is 0.229 e. The Morgan fingerprint density at radius 3 is 2.85 bits per heavy atom. The molecule has 0 bridgehead atoms. The molecule has 3 rings (SSSR count). The van der Waals surface area contributed by atoms with E-state index in [2.05, 4.69) is 41.6 Å². The summed E-state index contributed by atoms with van der Waals surface area (Å²) in [6.45, 7) is 0.277. The Labute approximate surface area is 169 Å². The van der Waals surface area contributed by atoms with Crippen molar-refractivity contribution in [2.75, 3.05) is 23.8 Å². The van der Waals surface area contributed by atoms with Gasteiger partial charge in [0.05, 0.1) is 43.9 Å². The normalized spacial score (nSPS) is 12.0. The van der Waals surface area contributed by atoms with Crippen molar-refractivity contribution in [3.63, 3.8) is 0 Å². The number of benzene rings is 1. The summed E-state index contributed by atoms with van der Waals surface area (Å²) in [6.07, 6.45) is 4.82. The molecule has 142 valence electrons. The lowest BCUT2D eigenvalue weighted by Crippen LogP contribution is -2.16. The molecular weight excluding hydrogens is 436 g/mol. The minimum atomic E-state index is -0.380. The van der Waals surface area contributed by atoms with Gasteiger partial charge in [-0.05, 0) is 17.7 Å². The summed E-state index contributed by atoms with van der Waals surface area (Å²) in [4.78, 5) is 8.54. The largest absolute Gasteiger partial charge is 0.394 e. The lowest BCUT2D eigenvalue weighted by Gasteiger charge is -2.18. The molecule has 1 unspecified atom stereocenters. The molecule has 0 amide bonds. The summed E-state index contributed by atoms with van der Waals surface area (Å²) in [5.41, 5.74) is 1.57. The Hall–Kier alpha value is -2.20. The molecule has 0 aliphatic rings. The highest BCUT2D eigenvalue weighted by atomic mass is 79.9. The molecule has 10 heteroatoms. The van der Waals surface area contributed by atoms with E-state index in [-0.39, 0.29) is 19.3 Å². The van der Waals surface area contributed by atoms with Crippen molar-refractivity contribution in [2.24, 2.45) is 0 Å². The Bertz CT molecular complexity index is 907. The third kappa shape index (κ3) is 5.16. The van der Waals surface area contributed by atoms with Crippen LogP contribution in [0.2, 0.25) is 5.02 Å². The van der Waals surface area contributed by atoms with E-state index in [1.54, 1.807) is 17.1 Å². The van der Waals surface area contributed by atoms with Gasteiger partial charge in [-0.3, -0.25) is 4.68 Å². The predicted octanol–water partition coefficient (Wildman–Crippen LogP) is 2.97. The maximum Gasteiger partial charge on any atom is 0.229 e. The summed E-state index contributed by atoms with van der Waals surface area (Å²) < 4.78 is 2.52. The van der Waals surface area contributed by atoms with Gasteiger partial charge in [-0.15, -0.1) is 0 Å². The van der Waals surface area contributed by atoms with Gasteiger partial charge < -0.3 is 20.8 Å². The van der Waals surface area contributed by atoms with Crippen molar-refractivity contribution in [3.05, 3.63) is 57.9 Å². The molecule has 2 aromatic heterocycles. The van der Waals surface area contributed by atoms with Crippen LogP contribution in [0.5, 0.6) is 0 Å². The van der Waals surface area contributed by atoms with Gasteiger partial charge >= 0.3 is 0 Å². The van der Waals surface area contributed by atoms with Crippen molar-refractivity contribution in [1.29, 1.82) is 0 Å². The maximum atomic E-state index is 9.77. The fourth-order valence-electron chi connectivity index (χ4n) is 2.43. The molecule has 0 saturated carbocycles. The third-order valence-electron chi connectivity index (χ3n) is 3.71. The molecule has 1 atom stereocenters. The van der Waals surface area contributed by atoms with Crippen molar-refractivity contribution >= 4 is 45.0 Å². The second-order valence-electron chi connectivity index (χ2n) is 5.67. The molecule has 27 heavy (non-hydrogen) atoms. The first-order valence-electron chi connectivity index (χ1n) is 8.15. The van der Waals surface area contributed by atoms with Crippen LogP contribution >= 0.6 is 27.5 Å². The van der Waals surface area contributed by atoms with Crippen LogP contribution in [0.25, 0.3) is 0 Å². The first-order valence-corrected chi connectivity index (χ1v) is 9.32. The highest BCUT2D eigenvalue weighted by Gasteiger charge is 2.14. The number of hydrogen-bond donors (Lipinski definition) is 4. The van der Waals surface area contributed by atoms with E-state index >= 15 is 0 Å². The van der Waals surface area contributed by atoms with E-state index in [0.717, 1.165) is 10.0 Å². The Balaban J connectivity index is 1.77. The summed E-state index contributed by atoms with van der Waals surface area (Å²) in [5.74, 6) is 0.729. The highest BCUT2D eigenvalue weighted by Crippen LogP contribution is 2.26. The number of aromatic nitrogens is 4. The van der Waals surface area contributed by atoms with Gasteiger partial charge in [0, 0.05) is 10.7 Å². The molecule has 0 radical (unpaired) electrons. The minimum Gasteiger partial charge on any atom is -0.394 e. The van der Waals surface area contributed by atoms with Crippen LogP contribution in [-0.4, -0.2) is 43.2 Å². The summed E-state index contributed by atoms with van der Waals surface area (Å²) in [6, 6.07) is 7.24. The zero-order chi connectivity index (χ0) is 19.2. The van der Waals surface area contributed by atoms with Crippen LogP contribution in [0, 0.1) is 0 Å². The Morgan fingerprint density at radius 2 is 2.11 bits per heavy atom. The maximum absolute atomic E-state index is 9.77. The number of hydrogen-bond acceptors (Lipinski definition) is 7. The number of anilines is 3. The second-order valence-corrected chi connectivity index (χ2v) is 6.99. The summed E-state index contributed by atoms with van der Waals surface area (Å²) in [5, 5.41) is 29.3. The first kappa shape index (κ1) is 19.6. The number of nitrogens with zero attached hydrogens (tertiary/aromatic N) is 4. The number of aliphatic hydroxyl groups is 2. The average Bonchev–Trinajstić information content (AvgIpc) is 3.09. The molecule has 3 aromatic rings. The van der Waals surface area contributed by atoms with E-state index in [0.29, 0.717) is 29.0 Å². The van der Waals surface area contributed by atoms with Crippen LogP contribution in [-0.2, 0) is 6.54 Å². The van der Waals surface area contributed by atoms with Crippen molar-refractivity contribution in [3.8, 4) is 0 Å². The summed E-state index contributed by atoms with van der Waals surface area (Å²) >= 11 is 9.64. The number of halogens is 2. The zero-order valence-electron chi connectivity index (χ0n) is 14.2. The average molecular weight is 454 g/mol. The molecule has 8 nitrogen and oxygen atoms in total. The molecule has 0 fully saturated rings. The van der Waals surface area contributed by atoms with Crippen molar-refractivity contribution < 1.29 is 10.2 Å². The van der Waals surface area contributed by atoms with E-state index < -0.39 is 0 Å². The molecular formula is C17H18BrClN6O2. The molecule has 0 aliphatic heterocycles.